The Morgan fingerprint density at radius 1 is 1.00 bits per heavy atom. The van der Waals surface area contributed by atoms with E-state index in [2.05, 4.69) is 61.9 Å². The maximum Gasteiger partial charge on any atom is 0.414 e. The number of carbonyl (C=O) groups excluding carboxylic acids is 2. The fraction of sp³-hybridized carbons (Fsp3) is 0.575. The Morgan fingerprint density at radius 2 is 1.73 bits per heavy atom. The number of rotatable bonds is 11. The van der Waals surface area contributed by atoms with Crippen LogP contribution in [0.25, 0.3) is 22.2 Å². The van der Waals surface area contributed by atoms with E-state index < -0.39 is 11.9 Å². The van der Waals surface area contributed by atoms with Gasteiger partial charge >= 0.3 is 6.09 Å². The number of furan rings is 1. The SMILES string of the molecule is CC.CC(C)(C)C(C)(C)C.CCOC(=O)N(CCC1CCCO1)c1c(C(=O)c2ccc(NC)nc2)oc2ncc(-c3cnn(CC4CC4)c3)cc12. The summed E-state index contributed by atoms with van der Waals surface area (Å²) in [6.45, 7) is 21.5. The smallest absolute Gasteiger partial charge is 0.414 e. The average Bonchev–Trinajstić information content (AvgIpc) is 3.43. The fourth-order valence-electron chi connectivity index (χ4n) is 5.18. The van der Waals surface area contributed by atoms with Crippen molar-refractivity contribution in [3.05, 3.63) is 54.3 Å². The quantitative estimate of drug-likeness (QED) is 0.152. The lowest BCUT2D eigenvalue weighted by molar-refractivity contribution is 0.101. The van der Waals surface area contributed by atoms with Gasteiger partial charge in [-0.3, -0.25) is 14.4 Å². The van der Waals surface area contributed by atoms with E-state index in [9.17, 15) is 9.59 Å². The van der Waals surface area contributed by atoms with E-state index in [1.165, 1.54) is 23.9 Å². The van der Waals surface area contributed by atoms with E-state index in [1.807, 2.05) is 37.0 Å². The number of hydrogen-bond donors (Lipinski definition) is 1. The van der Waals surface area contributed by atoms with Gasteiger partial charge in [-0.2, -0.15) is 5.10 Å². The van der Waals surface area contributed by atoms with Crippen LogP contribution in [0, 0.1) is 16.7 Å². The van der Waals surface area contributed by atoms with Gasteiger partial charge in [0.25, 0.3) is 0 Å². The highest BCUT2D eigenvalue weighted by Gasteiger charge is 2.32. The highest BCUT2D eigenvalue weighted by atomic mass is 16.6. The van der Waals surface area contributed by atoms with Crippen LogP contribution in [0.3, 0.4) is 0 Å². The van der Waals surface area contributed by atoms with Gasteiger partial charge in [-0.1, -0.05) is 55.4 Å². The molecule has 1 unspecified atom stereocenters. The first-order chi connectivity index (χ1) is 24.3. The lowest BCUT2D eigenvalue weighted by Crippen LogP contribution is -2.35. The standard InChI is InChI=1S/C30H34N6O5.C8H18.C2H6/c1-3-39-30(38)36(11-10-23-5-4-12-40-23)26-24-13-21(22-16-34-35(18-22)17-19-6-7-19)15-33-29(24)41-28(26)27(37)20-8-9-25(31-2)32-14-20;1-7(2,3)8(4,5)6;1-2/h8-9,13-16,18-19,23H,3-7,10-12,17H2,1-2H3,(H,31,32);1-6H3;1-2H3. The van der Waals surface area contributed by atoms with Crippen LogP contribution in [0.5, 0.6) is 0 Å². The monoisotopic (exact) mass is 702 g/mol. The van der Waals surface area contributed by atoms with Crippen molar-refractivity contribution in [2.45, 2.75) is 107 Å². The zero-order chi connectivity index (χ0) is 37.3. The first-order valence-electron chi connectivity index (χ1n) is 18.5. The summed E-state index contributed by atoms with van der Waals surface area (Å²) in [4.78, 5) is 37.6. The minimum atomic E-state index is -0.562. The second kappa shape index (κ2) is 17.3. The van der Waals surface area contributed by atoms with Crippen molar-refractivity contribution in [2.75, 3.05) is 37.0 Å². The predicted octanol–water partition coefficient (Wildman–Crippen LogP) is 9.41. The Kier molecular flexibility index (Phi) is 13.4. The molecule has 5 heterocycles. The molecule has 11 nitrogen and oxygen atoms in total. The number of carbonyl (C=O) groups is 2. The minimum Gasteiger partial charge on any atom is -0.449 e. The third-order valence-corrected chi connectivity index (χ3v) is 9.82. The summed E-state index contributed by atoms with van der Waals surface area (Å²) in [5.74, 6) is 0.924. The van der Waals surface area contributed by atoms with Gasteiger partial charge in [0.2, 0.25) is 17.3 Å². The molecule has 4 aromatic heterocycles. The van der Waals surface area contributed by atoms with Gasteiger partial charge in [0.1, 0.15) is 11.5 Å². The number of aromatic nitrogens is 4. The van der Waals surface area contributed by atoms with Crippen molar-refractivity contribution in [3.63, 3.8) is 0 Å². The molecule has 1 saturated carbocycles. The van der Waals surface area contributed by atoms with Gasteiger partial charge in [0, 0.05) is 62.0 Å². The third kappa shape index (κ3) is 10.2. The molecule has 0 aromatic carbocycles. The molecule has 1 atom stereocenters. The number of pyridine rings is 2. The molecule has 4 aromatic rings. The summed E-state index contributed by atoms with van der Waals surface area (Å²) >= 11 is 0. The van der Waals surface area contributed by atoms with Crippen LogP contribution in [0.1, 0.15) is 111 Å². The van der Waals surface area contributed by atoms with Gasteiger partial charge in [-0.15, -0.1) is 0 Å². The van der Waals surface area contributed by atoms with E-state index in [0.29, 0.717) is 58.8 Å². The van der Waals surface area contributed by atoms with Crippen molar-refractivity contribution >= 4 is 34.5 Å². The number of amides is 1. The molecule has 0 bridgehead atoms. The van der Waals surface area contributed by atoms with Crippen molar-refractivity contribution in [2.24, 2.45) is 16.7 Å². The second-order valence-electron chi connectivity index (χ2n) is 15.0. The largest absolute Gasteiger partial charge is 0.449 e. The molecule has 2 aliphatic rings. The summed E-state index contributed by atoms with van der Waals surface area (Å²) in [5, 5.41) is 8.02. The summed E-state index contributed by atoms with van der Waals surface area (Å²) < 4.78 is 19.3. The number of ether oxygens (including phenoxy) is 2. The van der Waals surface area contributed by atoms with Crippen LogP contribution in [0.2, 0.25) is 0 Å². The lowest BCUT2D eigenvalue weighted by atomic mass is 9.71. The average molecular weight is 703 g/mol. The van der Waals surface area contributed by atoms with E-state index >= 15 is 0 Å². The Hall–Kier alpha value is -4.25. The van der Waals surface area contributed by atoms with Crippen molar-refractivity contribution in [3.8, 4) is 11.1 Å². The summed E-state index contributed by atoms with van der Waals surface area (Å²) in [7, 11) is 1.76. The highest BCUT2D eigenvalue weighted by Crippen LogP contribution is 2.39. The number of ketones is 1. The molecule has 2 fully saturated rings. The number of nitrogens with one attached hydrogen (secondary N) is 1. The second-order valence-corrected chi connectivity index (χ2v) is 15.0. The first-order valence-corrected chi connectivity index (χ1v) is 18.5. The fourth-order valence-corrected chi connectivity index (χ4v) is 5.18. The molecule has 278 valence electrons. The van der Waals surface area contributed by atoms with Crippen molar-refractivity contribution in [1.82, 2.24) is 19.7 Å². The van der Waals surface area contributed by atoms with E-state index in [4.69, 9.17) is 13.9 Å². The minimum absolute atomic E-state index is 0.00785. The summed E-state index contributed by atoms with van der Waals surface area (Å²) in [5.41, 5.74) is 3.49. The molecule has 11 heteroatoms. The molecule has 0 spiro atoms. The lowest BCUT2D eigenvalue weighted by Gasteiger charge is -2.34. The van der Waals surface area contributed by atoms with Crippen molar-refractivity contribution < 1.29 is 23.5 Å². The maximum atomic E-state index is 13.8. The molecule has 1 amide bonds. The Balaban J connectivity index is 0.000000517. The van der Waals surface area contributed by atoms with E-state index in [0.717, 1.165) is 30.5 Å². The van der Waals surface area contributed by atoms with E-state index in [1.54, 1.807) is 32.3 Å². The van der Waals surface area contributed by atoms with E-state index in [-0.39, 0.29) is 24.2 Å². The molecule has 51 heavy (non-hydrogen) atoms. The van der Waals surface area contributed by atoms with Gasteiger partial charge in [0.05, 0.1) is 24.3 Å². The number of anilines is 2. The Labute approximate surface area is 303 Å². The van der Waals surface area contributed by atoms with Crippen LogP contribution in [0.15, 0.2) is 47.4 Å². The van der Waals surface area contributed by atoms with Crippen LogP contribution < -0.4 is 10.2 Å². The first kappa shape index (κ1) is 39.5. The number of fused-ring (bicyclic) bond motifs is 1. The van der Waals surface area contributed by atoms with Crippen LogP contribution in [-0.2, 0) is 16.0 Å². The third-order valence-electron chi connectivity index (χ3n) is 9.82. The van der Waals surface area contributed by atoms with Gasteiger partial charge in [-0.05, 0) is 74.0 Å². The van der Waals surface area contributed by atoms with Crippen LogP contribution in [0.4, 0.5) is 16.3 Å². The van der Waals surface area contributed by atoms with Gasteiger partial charge in [-0.25, -0.2) is 14.8 Å². The normalized spacial score (nSPS) is 15.8. The van der Waals surface area contributed by atoms with Crippen molar-refractivity contribution in [1.29, 1.82) is 0 Å². The molecule has 1 aliphatic carbocycles. The molecule has 6 rings (SSSR count). The highest BCUT2D eigenvalue weighted by molar-refractivity contribution is 6.17. The molecule has 0 radical (unpaired) electrons. The topological polar surface area (TPSA) is 125 Å². The zero-order valence-corrected chi connectivity index (χ0v) is 32.3. The molecule has 1 N–H and O–H groups in total. The van der Waals surface area contributed by atoms with Gasteiger partial charge in [0.15, 0.2) is 0 Å². The summed E-state index contributed by atoms with van der Waals surface area (Å²) in [6, 6.07) is 5.29. The number of nitrogens with zero attached hydrogens (tertiary/aromatic N) is 5. The number of hydrogen-bond acceptors (Lipinski definition) is 9. The molecular weight excluding hydrogens is 644 g/mol. The zero-order valence-electron chi connectivity index (χ0n) is 32.3. The van der Waals surface area contributed by atoms with Gasteiger partial charge < -0.3 is 19.2 Å². The molecule has 1 saturated heterocycles. The van der Waals surface area contributed by atoms with Crippen LogP contribution in [-0.4, -0.2) is 64.5 Å². The predicted molar refractivity (Wildman–Crippen MR) is 203 cm³/mol. The molecule has 1 aliphatic heterocycles. The maximum absolute atomic E-state index is 13.8. The Morgan fingerprint density at radius 3 is 2.29 bits per heavy atom. The van der Waals surface area contributed by atoms with Crippen LogP contribution >= 0.6 is 0 Å². The summed E-state index contributed by atoms with van der Waals surface area (Å²) in [6.07, 6.45) is 11.5. The Bertz CT molecular complexity index is 1710. The molecular formula is C40H58N6O5.